The second-order valence-corrected chi connectivity index (χ2v) is 7.93. The van der Waals surface area contributed by atoms with E-state index in [1.54, 1.807) is 0 Å². The van der Waals surface area contributed by atoms with Gasteiger partial charge >= 0.3 is 6.03 Å². The summed E-state index contributed by atoms with van der Waals surface area (Å²) in [4.78, 5) is 16.4. The fraction of sp³-hybridized carbons (Fsp3) is 0.824. The summed E-state index contributed by atoms with van der Waals surface area (Å²) in [6, 6.07) is -0.167. The third kappa shape index (κ3) is 4.93. The number of aromatic nitrogens is 2. The lowest BCUT2D eigenvalue weighted by Gasteiger charge is -2.27. The molecule has 0 aromatic carbocycles. The summed E-state index contributed by atoms with van der Waals surface area (Å²) in [5.74, 6) is 1.60. The van der Waals surface area contributed by atoms with Gasteiger partial charge in [0.15, 0.2) is 5.82 Å². The molecule has 1 aromatic rings. The Morgan fingerprint density at radius 1 is 1.33 bits per heavy atom. The number of amides is 2. The Balaban J connectivity index is 1.70. The molecule has 1 atom stereocenters. The van der Waals surface area contributed by atoms with E-state index in [0.717, 1.165) is 18.7 Å². The lowest BCUT2D eigenvalue weighted by atomic mass is 9.95. The van der Waals surface area contributed by atoms with Crippen molar-refractivity contribution < 1.29 is 14.1 Å². The highest BCUT2D eigenvalue weighted by Crippen LogP contribution is 2.37. The summed E-state index contributed by atoms with van der Waals surface area (Å²) < 4.78 is 11.2. The minimum atomic E-state index is -0.363. The number of ether oxygens (including phenoxy) is 1. The second kappa shape index (κ2) is 7.09. The number of nitrogens with one attached hydrogen (secondary N) is 2. The van der Waals surface area contributed by atoms with Crippen LogP contribution in [0.25, 0.3) is 0 Å². The van der Waals surface area contributed by atoms with Crippen molar-refractivity contribution in [2.45, 2.75) is 84.0 Å². The van der Waals surface area contributed by atoms with Crippen molar-refractivity contribution in [3.63, 3.8) is 0 Å². The van der Waals surface area contributed by atoms with E-state index in [9.17, 15) is 4.79 Å². The minimum absolute atomic E-state index is 0.00274. The molecular weight excluding hydrogens is 308 g/mol. The molecule has 2 N–H and O–H groups in total. The van der Waals surface area contributed by atoms with E-state index in [1.807, 2.05) is 41.5 Å². The minimum Gasteiger partial charge on any atom is -0.367 e. The topological polar surface area (TPSA) is 89.3 Å². The van der Waals surface area contributed by atoms with Gasteiger partial charge in [-0.25, -0.2) is 4.79 Å². The van der Waals surface area contributed by atoms with Crippen LogP contribution in [0.1, 0.15) is 72.0 Å². The first-order valence-corrected chi connectivity index (χ1v) is 8.66. The number of nitrogens with zero attached hydrogens (tertiary/aromatic N) is 2. The molecule has 1 aliphatic rings. The van der Waals surface area contributed by atoms with Crippen LogP contribution in [0.3, 0.4) is 0 Å². The van der Waals surface area contributed by atoms with Gasteiger partial charge in [-0.2, -0.15) is 4.98 Å². The molecule has 0 radical (unpaired) electrons. The highest BCUT2D eigenvalue weighted by Gasteiger charge is 2.46. The molecule has 0 unspecified atom stereocenters. The Morgan fingerprint density at radius 3 is 2.58 bits per heavy atom. The molecule has 0 spiro atoms. The van der Waals surface area contributed by atoms with Crippen molar-refractivity contribution in [3.05, 3.63) is 11.7 Å². The van der Waals surface area contributed by atoms with E-state index in [1.165, 1.54) is 0 Å². The van der Waals surface area contributed by atoms with Crippen molar-refractivity contribution in [2.75, 3.05) is 6.54 Å². The van der Waals surface area contributed by atoms with Crippen LogP contribution in [0, 0.1) is 0 Å². The van der Waals surface area contributed by atoms with Gasteiger partial charge in [0, 0.05) is 18.9 Å². The van der Waals surface area contributed by atoms with E-state index in [0.29, 0.717) is 18.9 Å². The molecule has 24 heavy (non-hydrogen) atoms. The highest BCUT2D eigenvalue weighted by atomic mass is 16.5. The average molecular weight is 338 g/mol. The number of carbonyl (C=O) groups excluding carboxylic acids is 1. The molecule has 1 aliphatic heterocycles. The maximum atomic E-state index is 12.1. The van der Waals surface area contributed by atoms with Crippen molar-refractivity contribution in [1.29, 1.82) is 0 Å². The smallest absolute Gasteiger partial charge is 0.315 e. The largest absolute Gasteiger partial charge is 0.367 e. The fourth-order valence-electron chi connectivity index (χ4n) is 3.04. The molecule has 2 rings (SSSR count). The monoisotopic (exact) mass is 338 g/mol. The average Bonchev–Trinajstić information content (AvgIpc) is 2.97. The number of rotatable bonds is 6. The van der Waals surface area contributed by atoms with Crippen LogP contribution < -0.4 is 10.6 Å². The zero-order valence-electron chi connectivity index (χ0n) is 15.6. The van der Waals surface area contributed by atoms with E-state index >= 15 is 0 Å². The number of hydrogen-bond donors (Lipinski definition) is 2. The number of aryl methyl sites for hydroxylation is 1. The van der Waals surface area contributed by atoms with Crippen LogP contribution in [-0.2, 0) is 11.2 Å². The molecule has 7 heteroatoms. The van der Waals surface area contributed by atoms with E-state index in [4.69, 9.17) is 9.26 Å². The Labute approximate surface area is 143 Å². The Kier molecular flexibility index (Phi) is 5.52. The predicted molar refractivity (Wildman–Crippen MR) is 90.9 cm³/mol. The first kappa shape index (κ1) is 18.7. The van der Waals surface area contributed by atoms with Gasteiger partial charge < -0.3 is 19.9 Å². The maximum absolute atomic E-state index is 12.1. The molecule has 0 aliphatic carbocycles. The molecule has 7 nitrogen and oxygen atoms in total. The molecule has 1 aromatic heterocycles. The van der Waals surface area contributed by atoms with Crippen LogP contribution in [0.4, 0.5) is 4.79 Å². The van der Waals surface area contributed by atoms with Gasteiger partial charge in [-0.1, -0.05) is 19.0 Å². The van der Waals surface area contributed by atoms with Crippen molar-refractivity contribution in [2.24, 2.45) is 0 Å². The van der Waals surface area contributed by atoms with Gasteiger partial charge in [-0.05, 0) is 40.5 Å². The molecule has 1 saturated heterocycles. The Bertz CT molecular complexity index is 566. The highest BCUT2D eigenvalue weighted by molar-refractivity contribution is 5.74. The van der Waals surface area contributed by atoms with Crippen LogP contribution in [0.2, 0.25) is 0 Å². The molecule has 0 bridgehead atoms. The zero-order valence-corrected chi connectivity index (χ0v) is 15.6. The van der Waals surface area contributed by atoms with E-state index in [2.05, 4.69) is 20.8 Å². The van der Waals surface area contributed by atoms with Crippen LogP contribution in [-0.4, -0.2) is 40.0 Å². The van der Waals surface area contributed by atoms with Gasteiger partial charge in [0.1, 0.15) is 0 Å². The molecular formula is C17H30N4O3. The Morgan fingerprint density at radius 2 is 2.04 bits per heavy atom. The summed E-state index contributed by atoms with van der Waals surface area (Å²) in [5.41, 5.74) is -0.578. The van der Waals surface area contributed by atoms with Crippen LogP contribution in [0.5, 0.6) is 0 Å². The van der Waals surface area contributed by atoms with Crippen molar-refractivity contribution in [1.82, 2.24) is 20.8 Å². The third-order valence-electron chi connectivity index (χ3n) is 4.23. The quantitative estimate of drug-likeness (QED) is 0.779. The zero-order chi connectivity index (χ0) is 18.0. The van der Waals surface area contributed by atoms with Crippen molar-refractivity contribution in [3.8, 4) is 0 Å². The molecule has 1 fully saturated rings. The Hall–Kier alpha value is -1.63. The van der Waals surface area contributed by atoms with Crippen LogP contribution >= 0.6 is 0 Å². The van der Waals surface area contributed by atoms with Gasteiger partial charge in [-0.15, -0.1) is 0 Å². The van der Waals surface area contributed by atoms with Gasteiger partial charge in [0.05, 0.1) is 17.2 Å². The van der Waals surface area contributed by atoms with E-state index < -0.39 is 0 Å². The van der Waals surface area contributed by atoms with Gasteiger partial charge in [0.25, 0.3) is 0 Å². The second-order valence-electron chi connectivity index (χ2n) is 7.93. The van der Waals surface area contributed by atoms with E-state index in [-0.39, 0.29) is 29.2 Å². The number of carbonyl (C=O) groups is 1. The summed E-state index contributed by atoms with van der Waals surface area (Å²) in [6.45, 7) is 12.7. The maximum Gasteiger partial charge on any atom is 0.315 e. The normalized spacial score (nSPS) is 21.9. The third-order valence-corrected chi connectivity index (χ3v) is 4.23. The van der Waals surface area contributed by atoms with Crippen molar-refractivity contribution >= 4 is 6.03 Å². The van der Waals surface area contributed by atoms with Gasteiger partial charge in [-0.3, -0.25) is 0 Å². The standard InChI is InChI=1S/C17H30N4O3/c1-11(2)14-20-13(23-21-14)8-7-9-18-15(22)19-12-10-16(3,4)24-17(12,5)6/h11-12H,7-10H2,1-6H3,(H2,18,19,22)/t12-/m1/s1. The molecule has 0 saturated carbocycles. The molecule has 2 heterocycles. The predicted octanol–water partition coefficient (Wildman–Crippen LogP) is 2.77. The number of hydrogen-bond acceptors (Lipinski definition) is 5. The first-order chi connectivity index (χ1) is 11.1. The fourth-order valence-corrected chi connectivity index (χ4v) is 3.04. The lowest BCUT2D eigenvalue weighted by Crippen LogP contribution is -2.49. The summed E-state index contributed by atoms with van der Waals surface area (Å²) >= 11 is 0. The summed E-state index contributed by atoms with van der Waals surface area (Å²) in [7, 11) is 0. The SMILES string of the molecule is CC(C)c1noc(CCCNC(=O)N[C@@H]2CC(C)(C)OC2(C)C)n1. The first-order valence-electron chi connectivity index (χ1n) is 8.66. The molecule has 2 amide bonds. The summed E-state index contributed by atoms with van der Waals surface area (Å²) in [6.07, 6.45) is 2.21. The summed E-state index contributed by atoms with van der Waals surface area (Å²) in [5, 5.41) is 9.82. The lowest BCUT2D eigenvalue weighted by molar-refractivity contribution is -0.0690. The number of urea groups is 1. The molecule has 136 valence electrons. The van der Waals surface area contributed by atoms with Gasteiger partial charge in [0.2, 0.25) is 5.89 Å². The van der Waals surface area contributed by atoms with Crippen LogP contribution in [0.15, 0.2) is 4.52 Å².